The van der Waals surface area contributed by atoms with E-state index in [9.17, 15) is 45.6 Å². The highest BCUT2D eigenvalue weighted by Crippen LogP contribution is 2.38. The molecule has 5 aromatic rings. The van der Waals surface area contributed by atoms with Gasteiger partial charge in [0.2, 0.25) is 27.7 Å². The Hall–Kier alpha value is -7.75. The molecule has 0 saturated carbocycles. The van der Waals surface area contributed by atoms with E-state index in [2.05, 4.69) is 46.5 Å². The predicted molar refractivity (Wildman–Crippen MR) is 343 cm³/mol. The number of nitrogens with one attached hydrogen (secondary N) is 4. The number of H-pyrrole nitrogens is 2. The third kappa shape index (κ3) is 16.0. The Bertz CT molecular complexity index is 3720. The van der Waals surface area contributed by atoms with E-state index >= 15 is 0 Å². The summed E-state index contributed by atoms with van der Waals surface area (Å²) < 4.78 is 66.3. The van der Waals surface area contributed by atoms with Crippen LogP contribution in [-0.4, -0.2) is 181 Å². The molecule has 0 bridgehead atoms. The normalized spacial score (nSPS) is 19.7. The second kappa shape index (κ2) is 29.0. The number of rotatable bonds is 19. The van der Waals surface area contributed by atoms with Crippen molar-refractivity contribution in [2.45, 2.75) is 109 Å². The number of ether oxygens (including phenoxy) is 3. The number of amides is 5. The summed E-state index contributed by atoms with van der Waals surface area (Å²) in [7, 11) is -3.20. The van der Waals surface area contributed by atoms with E-state index in [0.29, 0.717) is 30.3 Å². The summed E-state index contributed by atoms with van der Waals surface area (Å²) in [4.78, 5) is 102. The molecule has 3 saturated heterocycles. The summed E-state index contributed by atoms with van der Waals surface area (Å²) in [5, 5.41) is 4.49. The predicted octanol–water partition coefficient (Wildman–Crippen LogP) is 8.15. The van der Waals surface area contributed by atoms with Gasteiger partial charge in [0.25, 0.3) is 0 Å². The Kier molecular flexibility index (Phi) is 22.0. The number of sulfonamides is 1. The van der Waals surface area contributed by atoms with Crippen molar-refractivity contribution >= 4 is 83.1 Å². The van der Waals surface area contributed by atoms with Crippen LogP contribution in [0.5, 0.6) is 0 Å². The maximum absolute atomic E-state index is 13.8. The number of halogens is 1. The molecule has 90 heavy (non-hydrogen) atoms. The Morgan fingerprint density at radius 1 is 0.622 bits per heavy atom. The fraction of sp³-hybridized carbons (Fsp3) is 0.476. The molecule has 3 fully saturated rings. The second-order valence-electron chi connectivity index (χ2n) is 24.0. The monoisotopic (exact) mass is 1340 g/mol. The van der Waals surface area contributed by atoms with Gasteiger partial charge in [-0.3, -0.25) is 24.2 Å². The van der Waals surface area contributed by atoms with E-state index < -0.39 is 79.3 Å². The standard InChI is InChI=1S/C41H52N8O8S.C22H28BrN3O5S/c1-23(2)34(46-40(52)56-5)38(50)48-18-8-9-32(48)36-42-20-30(44-36)27-14-10-25(11-15-27)26-12-16-28(17-13-26)31-21-43-37(45-31)33-19-29(58(7,54)55)22-49(33)39(51)35(24(3)4)47-41(53)57-6;1-14(2)17(11-21(27)31-3)22(28)26-13-25(32(4,29)30)12-20(26)19-10-9-18(24-19)15-5-7-16(23)8-6-15/h10-17,20-21,23-24,29,32-35H,8-9,18-19,22H2,1-7H3,(H,42,44)(H,43,45)(H,46,52)(H,47,53);5-9,14,17,20H,10-13H2,1-4H3/t29?,32-,33-,34-,35-;17-,20-/m00/s1. The molecule has 27 heteroatoms. The Morgan fingerprint density at radius 2 is 1.12 bits per heavy atom. The van der Waals surface area contributed by atoms with Gasteiger partial charge in [-0.15, -0.1) is 0 Å². The van der Waals surface area contributed by atoms with Gasteiger partial charge in [0.1, 0.15) is 23.7 Å². The molecular weight excluding hydrogens is 1260 g/mol. The number of likely N-dealkylation sites (tertiary alicyclic amines) is 2. The highest BCUT2D eigenvalue weighted by atomic mass is 79.9. The average molecular weight is 1340 g/mol. The quantitative estimate of drug-likeness (QED) is 0.0448. The largest absolute Gasteiger partial charge is 0.469 e. The number of nitrogens with zero attached hydrogens (tertiary/aromatic N) is 7. The number of aliphatic imine (C=N–C) groups is 1. The highest BCUT2D eigenvalue weighted by molar-refractivity contribution is 9.10. The van der Waals surface area contributed by atoms with Gasteiger partial charge in [0.05, 0.1) is 99.4 Å². The highest BCUT2D eigenvalue weighted by Gasteiger charge is 2.46. The van der Waals surface area contributed by atoms with Crippen LogP contribution in [-0.2, 0) is 53.2 Å². The molecule has 7 atom stereocenters. The van der Waals surface area contributed by atoms with Crippen LogP contribution >= 0.6 is 15.9 Å². The number of aromatic nitrogens is 4. The smallest absolute Gasteiger partial charge is 0.407 e. The molecule has 0 spiro atoms. The number of methoxy groups -OCH3 is 3. The molecule has 2 aromatic heterocycles. The van der Waals surface area contributed by atoms with Crippen molar-refractivity contribution in [3.8, 4) is 33.6 Å². The Morgan fingerprint density at radius 3 is 1.60 bits per heavy atom. The number of carbonyl (C=O) groups excluding carboxylic acids is 6. The number of hydrogen-bond acceptors (Lipinski definition) is 16. The molecule has 4 aliphatic heterocycles. The lowest BCUT2D eigenvalue weighted by atomic mass is 9.90. The first-order valence-electron chi connectivity index (χ1n) is 29.8. The lowest BCUT2D eigenvalue weighted by molar-refractivity contribution is -0.148. The van der Waals surface area contributed by atoms with E-state index in [4.69, 9.17) is 19.2 Å². The molecular formula is C63H80BrN11O13S2. The van der Waals surface area contributed by atoms with Crippen LogP contribution in [0.25, 0.3) is 39.3 Å². The zero-order chi connectivity index (χ0) is 65.5. The van der Waals surface area contributed by atoms with Crippen LogP contribution in [0.3, 0.4) is 0 Å². The van der Waals surface area contributed by atoms with Gasteiger partial charge in [-0.25, -0.2) is 36.4 Å². The lowest BCUT2D eigenvalue weighted by Crippen LogP contribution is -2.51. The van der Waals surface area contributed by atoms with Crippen molar-refractivity contribution in [1.29, 1.82) is 0 Å². The summed E-state index contributed by atoms with van der Waals surface area (Å²) in [6, 6.07) is 20.8. The molecule has 24 nitrogen and oxygen atoms in total. The number of benzene rings is 3. The summed E-state index contributed by atoms with van der Waals surface area (Å²) in [5.41, 5.74) is 7.79. The van der Waals surface area contributed by atoms with E-state index in [1.54, 1.807) is 36.0 Å². The number of hydrogen-bond donors (Lipinski definition) is 4. The van der Waals surface area contributed by atoms with Crippen molar-refractivity contribution in [1.82, 2.24) is 49.6 Å². The zero-order valence-electron chi connectivity index (χ0n) is 52.4. The second-order valence-corrected chi connectivity index (χ2v) is 29.2. The molecule has 4 N–H and O–H groups in total. The van der Waals surface area contributed by atoms with Crippen molar-refractivity contribution in [3.05, 3.63) is 113 Å². The van der Waals surface area contributed by atoms with E-state index in [-0.39, 0.29) is 68.2 Å². The summed E-state index contributed by atoms with van der Waals surface area (Å²) in [5.74, 6) is -1.27. The Labute approximate surface area is 534 Å². The Balaban J connectivity index is 0.000000275. The first-order valence-corrected chi connectivity index (χ1v) is 34.4. The first-order chi connectivity index (χ1) is 42.6. The summed E-state index contributed by atoms with van der Waals surface area (Å²) >= 11 is 3.42. The van der Waals surface area contributed by atoms with Crippen LogP contribution in [0.1, 0.15) is 103 Å². The molecule has 9 rings (SSSR count). The van der Waals surface area contributed by atoms with E-state index in [1.807, 2.05) is 107 Å². The average Bonchev–Trinajstić information content (AvgIpc) is 1.69. The number of aromatic amines is 2. The van der Waals surface area contributed by atoms with Gasteiger partial charge in [0, 0.05) is 42.5 Å². The lowest BCUT2D eigenvalue weighted by Gasteiger charge is -2.30. The number of allylic oxidation sites excluding steroid dienone is 1. The molecule has 3 aromatic carbocycles. The number of carbonyl (C=O) groups is 6. The van der Waals surface area contributed by atoms with Gasteiger partial charge >= 0.3 is 18.2 Å². The summed E-state index contributed by atoms with van der Waals surface area (Å²) in [6.07, 6.45) is 8.57. The number of esters is 1. The van der Waals surface area contributed by atoms with Gasteiger partial charge in [-0.1, -0.05) is 124 Å². The molecule has 484 valence electrons. The van der Waals surface area contributed by atoms with Crippen molar-refractivity contribution in [2.24, 2.45) is 28.7 Å². The van der Waals surface area contributed by atoms with Gasteiger partial charge in [0.15, 0.2) is 9.84 Å². The number of sulfone groups is 1. The first kappa shape index (κ1) is 68.2. The molecule has 6 heterocycles. The fourth-order valence-electron chi connectivity index (χ4n) is 11.6. The van der Waals surface area contributed by atoms with Crippen molar-refractivity contribution < 1.29 is 59.8 Å². The number of imidazole rings is 2. The minimum absolute atomic E-state index is 0.0178. The molecule has 1 unspecified atom stereocenters. The third-order valence-corrected chi connectivity index (χ3v) is 20.1. The minimum Gasteiger partial charge on any atom is -0.469 e. The van der Waals surface area contributed by atoms with E-state index in [0.717, 1.165) is 68.5 Å². The van der Waals surface area contributed by atoms with Crippen molar-refractivity contribution in [3.63, 3.8) is 0 Å². The molecule has 0 aliphatic carbocycles. The topological polar surface area (TPSA) is 305 Å². The van der Waals surface area contributed by atoms with Crippen molar-refractivity contribution in [2.75, 3.05) is 60.1 Å². The number of alkyl carbamates (subject to hydrolysis) is 2. The van der Waals surface area contributed by atoms with Crippen LogP contribution in [0.15, 0.2) is 101 Å². The van der Waals surface area contributed by atoms with Gasteiger partial charge < -0.3 is 49.5 Å². The summed E-state index contributed by atoms with van der Waals surface area (Å²) in [6.45, 7) is 11.7. The van der Waals surface area contributed by atoms with Crippen LogP contribution in [0, 0.1) is 23.7 Å². The third-order valence-electron chi connectivity index (χ3n) is 16.9. The molecule has 0 radical (unpaired) electrons. The van der Waals surface area contributed by atoms with Gasteiger partial charge in [-0.05, 0) is 77.0 Å². The molecule has 5 amide bonds. The zero-order valence-corrected chi connectivity index (χ0v) is 55.6. The van der Waals surface area contributed by atoms with Crippen LogP contribution < -0.4 is 10.6 Å². The maximum Gasteiger partial charge on any atom is 0.407 e. The SMILES string of the molecule is COC(=O)C[C@H](C(=O)N1CN(S(C)(=O)=O)C[C@H]1C1=NC(c2ccc(Br)cc2)=CC1)C(C)C.COC(=O)N[C@H](C(=O)N1CCC[C@H]1c1ncc(-c2ccc(-c3ccc(-c4cnc([C@@H]5CC(S(C)(=O)=O)CN5C(=O)[C@@H](NC(=O)OC)C(C)C)[nH]4)cc3)cc2)[nH]1)C(C)C. The molecule has 4 aliphatic rings. The fourth-order valence-corrected chi connectivity index (χ4v) is 13.6. The van der Waals surface area contributed by atoms with E-state index in [1.165, 1.54) is 36.8 Å². The minimum atomic E-state index is -3.50. The van der Waals surface area contributed by atoms with Crippen LogP contribution in [0.2, 0.25) is 0 Å². The van der Waals surface area contributed by atoms with Gasteiger partial charge in [-0.2, -0.15) is 4.31 Å². The van der Waals surface area contributed by atoms with Crippen LogP contribution in [0.4, 0.5) is 9.59 Å². The maximum atomic E-state index is 13.8.